The molecular weight excluding hydrogens is 290 g/mol. The Kier molecular flexibility index (Phi) is 3.81. The number of halogens is 1. The van der Waals surface area contributed by atoms with Crippen molar-refractivity contribution in [2.75, 3.05) is 12.3 Å². The zero-order chi connectivity index (χ0) is 14.1. The number of hydrogen-bond donors (Lipinski definition) is 1. The lowest BCUT2D eigenvalue weighted by molar-refractivity contribution is 0.354. The third kappa shape index (κ3) is 2.60. The Hall–Kier alpha value is -1.32. The summed E-state index contributed by atoms with van der Waals surface area (Å²) >= 11 is 7.95. The minimum absolute atomic E-state index is 0.755. The van der Waals surface area contributed by atoms with Crippen molar-refractivity contribution in [3.63, 3.8) is 0 Å². The van der Waals surface area contributed by atoms with Crippen LogP contribution in [-0.4, -0.2) is 6.61 Å². The zero-order valence-corrected chi connectivity index (χ0v) is 12.9. The fourth-order valence-corrected chi connectivity index (χ4v) is 3.69. The Bertz CT molecular complexity index is 657. The van der Waals surface area contributed by atoms with Crippen LogP contribution in [0.4, 0.5) is 5.69 Å². The van der Waals surface area contributed by atoms with Gasteiger partial charge in [-0.3, -0.25) is 0 Å². The van der Waals surface area contributed by atoms with Gasteiger partial charge in [0, 0.05) is 33.3 Å². The molecule has 1 aliphatic rings. The molecule has 20 heavy (non-hydrogen) atoms. The number of hydrogen-bond acceptors (Lipinski definition) is 3. The van der Waals surface area contributed by atoms with Crippen molar-refractivity contribution in [2.45, 2.75) is 24.0 Å². The van der Waals surface area contributed by atoms with Crippen molar-refractivity contribution in [3.8, 4) is 5.75 Å². The molecule has 0 amide bonds. The van der Waals surface area contributed by atoms with Crippen molar-refractivity contribution in [2.24, 2.45) is 0 Å². The molecule has 1 heterocycles. The Morgan fingerprint density at radius 1 is 1.35 bits per heavy atom. The monoisotopic (exact) mass is 305 g/mol. The summed E-state index contributed by atoms with van der Waals surface area (Å²) in [4.78, 5) is 1.21. The predicted molar refractivity (Wildman–Crippen MR) is 85.8 cm³/mol. The van der Waals surface area contributed by atoms with Gasteiger partial charge < -0.3 is 10.5 Å². The van der Waals surface area contributed by atoms with Gasteiger partial charge in [-0.1, -0.05) is 17.7 Å². The molecule has 0 aromatic heterocycles. The van der Waals surface area contributed by atoms with Crippen molar-refractivity contribution in [3.05, 3.63) is 52.0 Å². The number of rotatable bonds is 3. The maximum atomic E-state index is 6.18. The topological polar surface area (TPSA) is 35.2 Å². The highest BCUT2D eigenvalue weighted by Gasteiger charge is 2.17. The second-order valence-corrected chi connectivity index (χ2v) is 6.36. The summed E-state index contributed by atoms with van der Waals surface area (Å²) in [7, 11) is 0. The maximum Gasteiger partial charge on any atom is 0.126 e. The number of thioether (sulfide) groups is 1. The number of nitrogen functional groups attached to an aromatic ring is 1. The van der Waals surface area contributed by atoms with Gasteiger partial charge >= 0.3 is 0 Å². The summed E-state index contributed by atoms with van der Waals surface area (Å²) in [5.74, 6) is 1.86. The third-order valence-electron chi connectivity index (χ3n) is 3.53. The van der Waals surface area contributed by atoms with Crippen molar-refractivity contribution in [1.82, 2.24) is 0 Å². The summed E-state index contributed by atoms with van der Waals surface area (Å²) in [6, 6.07) is 10.0. The Morgan fingerprint density at radius 2 is 2.20 bits per heavy atom. The molecule has 0 atom stereocenters. The van der Waals surface area contributed by atoms with Gasteiger partial charge in [0.15, 0.2) is 0 Å². The van der Waals surface area contributed by atoms with Gasteiger partial charge in [-0.15, -0.1) is 11.8 Å². The summed E-state index contributed by atoms with van der Waals surface area (Å²) in [5.41, 5.74) is 10.3. The largest absolute Gasteiger partial charge is 0.493 e. The SMILES string of the molecule is Cc1c(N)cccc1SCc1cc(Cl)cc2c1OCC2. The second kappa shape index (κ2) is 5.58. The molecule has 0 spiro atoms. The van der Waals surface area contributed by atoms with E-state index < -0.39 is 0 Å². The van der Waals surface area contributed by atoms with Crippen molar-refractivity contribution < 1.29 is 4.74 Å². The quantitative estimate of drug-likeness (QED) is 0.672. The Morgan fingerprint density at radius 3 is 3.05 bits per heavy atom. The van der Waals surface area contributed by atoms with Gasteiger partial charge in [0.25, 0.3) is 0 Å². The van der Waals surface area contributed by atoms with E-state index in [0.29, 0.717) is 0 Å². The highest BCUT2D eigenvalue weighted by molar-refractivity contribution is 7.98. The molecule has 0 radical (unpaired) electrons. The Labute approximate surface area is 128 Å². The van der Waals surface area contributed by atoms with E-state index in [1.807, 2.05) is 24.3 Å². The van der Waals surface area contributed by atoms with E-state index >= 15 is 0 Å². The molecule has 3 rings (SSSR count). The average Bonchev–Trinajstić information content (AvgIpc) is 2.88. The van der Waals surface area contributed by atoms with Crippen LogP contribution in [0.5, 0.6) is 5.75 Å². The minimum atomic E-state index is 0.755. The molecule has 0 fully saturated rings. The highest BCUT2D eigenvalue weighted by Crippen LogP contribution is 2.37. The van der Waals surface area contributed by atoms with Gasteiger partial charge in [0.05, 0.1) is 6.61 Å². The Balaban J connectivity index is 1.84. The standard InChI is InChI=1S/C16H16ClNOS/c1-10-14(18)3-2-4-15(10)20-9-12-8-13(17)7-11-5-6-19-16(11)12/h2-4,7-8H,5-6,9,18H2,1H3. The molecule has 2 N–H and O–H groups in total. The van der Waals surface area contributed by atoms with Gasteiger partial charge in [0.1, 0.15) is 5.75 Å². The normalized spacial score (nSPS) is 13.1. The van der Waals surface area contributed by atoms with E-state index in [1.165, 1.54) is 10.5 Å². The van der Waals surface area contributed by atoms with E-state index in [0.717, 1.165) is 46.4 Å². The predicted octanol–water partition coefficient (Wildman–Crippen LogP) is 4.46. The first-order valence-corrected chi connectivity index (χ1v) is 7.93. The first kappa shape index (κ1) is 13.7. The summed E-state index contributed by atoms with van der Waals surface area (Å²) in [5, 5.41) is 0.786. The molecule has 1 aliphatic heterocycles. The molecule has 0 bridgehead atoms. The van der Waals surface area contributed by atoms with Crippen LogP contribution in [-0.2, 0) is 12.2 Å². The lowest BCUT2D eigenvalue weighted by Crippen LogP contribution is -1.93. The second-order valence-electron chi connectivity index (χ2n) is 4.91. The third-order valence-corrected chi connectivity index (χ3v) is 4.96. The zero-order valence-electron chi connectivity index (χ0n) is 11.3. The van der Waals surface area contributed by atoms with E-state index in [9.17, 15) is 0 Å². The number of benzene rings is 2. The summed E-state index contributed by atoms with van der Waals surface area (Å²) < 4.78 is 5.73. The lowest BCUT2D eigenvalue weighted by atomic mass is 10.1. The van der Waals surface area contributed by atoms with Crippen LogP contribution in [0, 0.1) is 6.92 Å². The van der Waals surface area contributed by atoms with Gasteiger partial charge in [-0.2, -0.15) is 0 Å². The molecule has 104 valence electrons. The molecule has 0 unspecified atom stereocenters. The summed E-state index contributed by atoms with van der Waals surface area (Å²) in [6.07, 6.45) is 0.949. The van der Waals surface area contributed by atoms with Gasteiger partial charge in [0.2, 0.25) is 0 Å². The molecule has 4 heteroatoms. The molecular formula is C16H16ClNOS. The fourth-order valence-electron chi connectivity index (χ4n) is 2.40. The maximum absolute atomic E-state index is 6.18. The molecule has 0 saturated carbocycles. The van der Waals surface area contributed by atoms with Crippen LogP contribution < -0.4 is 10.5 Å². The van der Waals surface area contributed by atoms with Gasteiger partial charge in [-0.25, -0.2) is 0 Å². The minimum Gasteiger partial charge on any atom is -0.493 e. The molecule has 2 aromatic carbocycles. The van der Waals surface area contributed by atoms with Crippen LogP contribution in [0.25, 0.3) is 0 Å². The van der Waals surface area contributed by atoms with Gasteiger partial charge in [-0.05, 0) is 42.3 Å². The number of nitrogens with two attached hydrogens (primary N) is 1. The van der Waals surface area contributed by atoms with Crippen LogP contribution in [0.15, 0.2) is 35.2 Å². The van der Waals surface area contributed by atoms with Crippen molar-refractivity contribution in [1.29, 1.82) is 0 Å². The highest BCUT2D eigenvalue weighted by atomic mass is 35.5. The first-order valence-electron chi connectivity index (χ1n) is 6.57. The van der Waals surface area contributed by atoms with E-state index in [1.54, 1.807) is 11.8 Å². The van der Waals surface area contributed by atoms with Crippen molar-refractivity contribution >= 4 is 29.1 Å². The van der Waals surface area contributed by atoms with E-state index in [-0.39, 0.29) is 0 Å². The average molecular weight is 306 g/mol. The number of fused-ring (bicyclic) bond motifs is 1. The molecule has 0 aliphatic carbocycles. The van der Waals surface area contributed by atoms with Crippen LogP contribution >= 0.6 is 23.4 Å². The molecule has 2 nitrogen and oxygen atoms in total. The fraction of sp³-hybridized carbons (Fsp3) is 0.250. The van der Waals surface area contributed by atoms with Crippen LogP contribution in [0.2, 0.25) is 5.02 Å². The number of ether oxygens (including phenoxy) is 1. The summed E-state index contributed by atoms with van der Waals surface area (Å²) in [6.45, 7) is 2.81. The van der Waals surface area contributed by atoms with E-state index in [2.05, 4.69) is 13.0 Å². The lowest BCUT2D eigenvalue weighted by Gasteiger charge is -2.11. The van der Waals surface area contributed by atoms with Crippen LogP contribution in [0.3, 0.4) is 0 Å². The van der Waals surface area contributed by atoms with Crippen LogP contribution in [0.1, 0.15) is 16.7 Å². The first-order chi connectivity index (χ1) is 9.65. The van der Waals surface area contributed by atoms with E-state index in [4.69, 9.17) is 22.1 Å². The molecule has 0 saturated heterocycles. The smallest absolute Gasteiger partial charge is 0.126 e. The number of anilines is 1. The molecule has 2 aromatic rings.